The van der Waals surface area contributed by atoms with Gasteiger partial charge in [-0.25, -0.2) is 4.79 Å². The lowest BCUT2D eigenvalue weighted by atomic mass is 10.5. The van der Waals surface area contributed by atoms with Gasteiger partial charge in [-0.1, -0.05) is 0 Å². The number of aromatic amines is 1. The Balaban J connectivity index is 2.90. The Labute approximate surface area is 95.1 Å². The molecular weight excluding hydrogens is 268 g/mol. The Morgan fingerprint density at radius 2 is 1.94 bits per heavy atom. The molecule has 0 aromatic carbocycles. The third-order valence-corrected chi connectivity index (χ3v) is 2.41. The number of nitrogens with one attached hydrogen (secondary N) is 1. The van der Waals surface area contributed by atoms with Crippen molar-refractivity contribution in [2.45, 2.75) is 12.1 Å². The van der Waals surface area contributed by atoms with E-state index < -0.39 is 52.5 Å². The summed E-state index contributed by atoms with van der Waals surface area (Å²) in [5.74, 6) is -3.48. The molecule has 1 heterocycles. The van der Waals surface area contributed by atoms with Gasteiger partial charge in [-0.3, -0.25) is 14.3 Å². The van der Waals surface area contributed by atoms with Crippen LogP contribution in [0.15, 0.2) is 9.59 Å². The van der Waals surface area contributed by atoms with Crippen molar-refractivity contribution < 1.29 is 22.7 Å². The molecule has 0 saturated heterocycles. The third kappa shape index (κ3) is 3.51. The van der Waals surface area contributed by atoms with Crippen molar-refractivity contribution in [3.8, 4) is 5.88 Å². The fraction of sp³-hybridized carbons (Fsp3) is 0.429. The van der Waals surface area contributed by atoms with Crippen molar-refractivity contribution in [2.24, 2.45) is 0 Å². The summed E-state index contributed by atoms with van der Waals surface area (Å²) >= 11 is -0.429. The molecule has 0 spiro atoms. The zero-order chi connectivity index (χ0) is 13.2. The minimum atomic E-state index is -4.49. The molecular formula is C7H6F4N2O3S. The molecule has 0 amide bonds. The van der Waals surface area contributed by atoms with E-state index in [-0.39, 0.29) is 0 Å². The first kappa shape index (κ1) is 13.6. The average molecular weight is 274 g/mol. The summed E-state index contributed by atoms with van der Waals surface area (Å²) in [6.45, 7) is -0.581. The molecule has 1 rings (SSSR count). The van der Waals surface area contributed by atoms with Crippen LogP contribution in [0.5, 0.6) is 5.88 Å². The fourth-order valence-corrected chi connectivity index (χ4v) is 1.50. The van der Waals surface area contributed by atoms with E-state index in [1.165, 1.54) is 4.98 Å². The fourth-order valence-electron chi connectivity index (χ4n) is 0.996. The van der Waals surface area contributed by atoms with Gasteiger partial charge in [0.15, 0.2) is 0 Å². The van der Waals surface area contributed by atoms with Crippen molar-refractivity contribution in [1.29, 1.82) is 0 Å². The van der Waals surface area contributed by atoms with E-state index in [0.29, 0.717) is 4.57 Å². The van der Waals surface area contributed by atoms with Crippen LogP contribution in [0.4, 0.5) is 17.6 Å². The molecule has 0 unspecified atom stereocenters. The number of hydrogen-bond donors (Lipinski definition) is 2. The summed E-state index contributed by atoms with van der Waals surface area (Å²) in [6.07, 6.45) is 0. The number of alkyl halides is 3. The number of rotatable bonds is 3. The second-order valence-corrected chi connectivity index (χ2v) is 4.00. The van der Waals surface area contributed by atoms with Gasteiger partial charge in [0.05, 0.1) is 0 Å². The Morgan fingerprint density at radius 3 is 2.47 bits per heavy atom. The molecule has 1 aromatic heterocycles. The Kier molecular flexibility index (Phi) is 3.86. The van der Waals surface area contributed by atoms with Crippen LogP contribution in [0.1, 0.15) is 0 Å². The van der Waals surface area contributed by atoms with Crippen LogP contribution in [-0.4, -0.2) is 25.9 Å². The Bertz CT molecular complexity index is 521. The smallest absolute Gasteiger partial charge is 0.441 e. The van der Waals surface area contributed by atoms with Gasteiger partial charge in [-0.2, -0.15) is 17.6 Å². The molecule has 2 N–H and O–H groups in total. The van der Waals surface area contributed by atoms with Gasteiger partial charge >= 0.3 is 11.2 Å². The predicted molar refractivity (Wildman–Crippen MR) is 51.5 cm³/mol. The highest BCUT2D eigenvalue weighted by molar-refractivity contribution is 8.00. The first-order valence-corrected chi connectivity index (χ1v) is 5.13. The van der Waals surface area contributed by atoms with E-state index in [0.717, 1.165) is 0 Å². The largest absolute Gasteiger partial charge is 0.492 e. The van der Waals surface area contributed by atoms with Gasteiger partial charge in [0.25, 0.3) is 5.56 Å². The third-order valence-electron chi connectivity index (χ3n) is 1.70. The standard InChI is InChI=1S/C7H6F4N2O3S/c8-3-4(14)12-6(16)13(5(3)15)1-2-17-7(9,10)11/h15H,1-2H2,(H,12,14,16). The Morgan fingerprint density at radius 1 is 1.35 bits per heavy atom. The molecule has 17 heavy (non-hydrogen) atoms. The molecule has 0 aliphatic heterocycles. The van der Waals surface area contributed by atoms with Gasteiger partial charge in [-0.15, -0.1) is 0 Å². The van der Waals surface area contributed by atoms with Crippen LogP contribution in [0.2, 0.25) is 0 Å². The van der Waals surface area contributed by atoms with Crippen LogP contribution < -0.4 is 11.2 Å². The molecule has 0 saturated carbocycles. The first-order chi connectivity index (χ1) is 7.72. The van der Waals surface area contributed by atoms with Crippen LogP contribution >= 0.6 is 11.8 Å². The van der Waals surface area contributed by atoms with Crippen molar-refractivity contribution in [2.75, 3.05) is 5.75 Å². The van der Waals surface area contributed by atoms with Crippen molar-refractivity contribution in [3.05, 3.63) is 26.7 Å². The van der Waals surface area contributed by atoms with E-state index in [4.69, 9.17) is 5.11 Å². The zero-order valence-electron chi connectivity index (χ0n) is 8.05. The average Bonchev–Trinajstić information content (AvgIpc) is 2.18. The number of nitrogens with zero attached hydrogens (tertiary/aromatic N) is 1. The minimum Gasteiger partial charge on any atom is -0.492 e. The molecule has 0 aliphatic rings. The molecule has 0 fully saturated rings. The highest BCUT2D eigenvalue weighted by Crippen LogP contribution is 2.30. The van der Waals surface area contributed by atoms with E-state index in [2.05, 4.69) is 0 Å². The summed E-state index contributed by atoms with van der Waals surface area (Å²) < 4.78 is 48.5. The second kappa shape index (κ2) is 4.82. The van der Waals surface area contributed by atoms with Gasteiger partial charge in [0, 0.05) is 12.3 Å². The van der Waals surface area contributed by atoms with Crippen molar-refractivity contribution in [1.82, 2.24) is 9.55 Å². The topological polar surface area (TPSA) is 75.1 Å². The van der Waals surface area contributed by atoms with Crippen molar-refractivity contribution in [3.63, 3.8) is 0 Å². The SMILES string of the molecule is O=c1[nH]c(=O)n(CCSC(F)(F)F)c(O)c1F. The zero-order valence-corrected chi connectivity index (χ0v) is 8.86. The molecule has 0 aliphatic carbocycles. The lowest BCUT2D eigenvalue weighted by Gasteiger charge is -2.08. The number of hydrogen-bond acceptors (Lipinski definition) is 4. The molecule has 10 heteroatoms. The molecule has 96 valence electrons. The van der Waals surface area contributed by atoms with Crippen LogP contribution in [-0.2, 0) is 6.54 Å². The monoisotopic (exact) mass is 274 g/mol. The maximum absolute atomic E-state index is 12.8. The van der Waals surface area contributed by atoms with Gasteiger partial charge in [0.1, 0.15) is 0 Å². The molecule has 0 radical (unpaired) electrons. The van der Waals surface area contributed by atoms with E-state index in [1.54, 1.807) is 0 Å². The van der Waals surface area contributed by atoms with E-state index in [9.17, 15) is 27.2 Å². The van der Waals surface area contributed by atoms with Crippen LogP contribution in [0.3, 0.4) is 0 Å². The van der Waals surface area contributed by atoms with E-state index >= 15 is 0 Å². The predicted octanol–water partition coefficient (Wildman–Crippen LogP) is 0.634. The Hall–Kier alpha value is -1.45. The quantitative estimate of drug-likeness (QED) is 0.793. The maximum atomic E-state index is 12.8. The minimum absolute atomic E-state index is 0.315. The second-order valence-electron chi connectivity index (χ2n) is 2.84. The first-order valence-electron chi connectivity index (χ1n) is 4.14. The highest BCUT2D eigenvalue weighted by Gasteiger charge is 2.28. The molecule has 1 aromatic rings. The van der Waals surface area contributed by atoms with E-state index in [1.807, 2.05) is 0 Å². The number of thioether (sulfide) groups is 1. The number of halogens is 4. The van der Waals surface area contributed by atoms with Gasteiger partial charge in [-0.05, 0) is 11.8 Å². The normalized spacial score (nSPS) is 11.8. The van der Waals surface area contributed by atoms with Crippen molar-refractivity contribution >= 4 is 11.8 Å². The number of aromatic hydroxyl groups is 1. The summed E-state index contributed by atoms with van der Waals surface area (Å²) in [4.78, 5) is 23.2. The maximum Gasteiger partial charge on any atom is 0.441 e. The van der Waals surface area contributed by atoms with Gasteiger partial charge < -0.3 is 5.11 Å². The number of aromatic nitrogens is 2. The summed E-state index contributed by atoms with van der Waals surface area (Å²) in [6, 6.07) is 0. The summed E-state index contributed by atoms with van der Waals surface area (Å²) in [5, 5.41) is 9.07. The number of H-pyrrole nitrogens is 1. The highest BCUT2D eigenvalue weighted by atomic mass is 32.2. The van der Waals surface area contributed by atoms with Crippen LogP contribution in [0, 0.1) is 5.82 Å². The lowest BCUT2D eigenvalue weighted by molar-refractivity contribution is -0.0328. The molecule has 5 nitrogen and oxygen atoms in total. The summed E-state index contributed by atoms with van der Waals surface area (Å²) in [7, 11) is 0. The lowest BCUT2D eigenvalue weighted by Crippen LogP contribution is -2.32. The molecule has 0 atom stereocenters. The molecule has 0 bridgehead atoms. The summed E-state index contributed by atoms with van der Waals surface area (Å²) in [5.41, 5.74) is -7.08. The van der Waals surface area contributed by atoms with Crippen LogP contribution in [0.25, 0.3) is 0 Å². The van der Waals surface area contributed by atoms with Gasteiger partial charge in [0.2, 0.25) is 11.7 Å².